The minimum absolute atomic E-state index is 0.0790. The van der Waals surface area contributed by atoms with Crippen molar-refractivity contribution in [3.63, 3.8) is 0 Å². The van der Waals surface area contributed by atoms with Crippen molar-refractivity contribution in [2.24, 2.45) is 17.1 Å². The van der Waals surface area contributed by atoms with Gasteiger partial charge >= 0.3 is 16.4 Å². The van der Waals surface area contributed by atoms with E-state index in [1.807, 2.05) is 62.2 Å². The van der Waals surface area contributed by atoms with Gasteiger partial charge in [-0.2, -0.15) is 8.42 Å². The summed E-state index contributed by atoms with van der Waals surface area (Å²) in [5.74, 6) is -1.00. The van der Waals surface area contributed by atoms with E-state index in [4.69, 9.17) is 32.7 Å². The second kappa shape index (κ2) is 14.5. The Morgan fingerprint density at radius 3 is 2.38 bits per heavy atom. The van der Waals surface area contributed by atoms with Crippen molar-refractivity contribution in [2.75, 3.05) is 58.9 Å². The fraction of sp³-hybridized carbons (Fsp3) is 0.581. The van der Waals surface area contributed by atoms with E-state index in [0.29, 0.717) is 69.5 Å². The number of aliphatic hydroxyl groups excluding tert-OH is 1. The molecule has 60 heavy (non-hydrogen) atoms. The van der Waals surface area contributed by atoms with Crippen molar-refractivity contribution in [2.45, 2.75) is 92.6 Å². The van der Waals surface area contributed by atoms with Crippen molar-refractivity contribution in [1.29, 1.82) is 0 Å². The summed E-state index contributed by atoms with van der Waals surface area (Å²) in [5, 5.41) is 38.0. The highest BCUT2D eigenvalue weighted by atomic mass is 32.3. The molecule has 1 spiro atoms. The molecule has 1 amide bonds. The summed E-state index contributed by atoms with van der Waals surface area (Å²) < 4.78 is 43.8. The number of fused-ring (bicyclic) bond motifs is 6. The number of para-hydroxylation sites is 1. The fourth-order valence-electron chi connectivity index (χ4n) is 13.1. The number of aromatic amines is 1. The summed E-state index contributed by atoms with van der Waals surface area (Å²) >= 11 is 0. The number of esters is 1. The van der Waals surface area contributed by atoms with Crippen LogP contribution in [0.15, 0.2) is 48.6 Å². The van der Waals surface area contributed by atoms with Crippen LogP contribution in [0.2, 0.25) is 0 Å². The van der Waals surface area contributed by atoms with Crippen molar-refractivity contribution >= 4 is 38.9 Å². The van der Waals surface area contributed by atoms with Gasteiger partial charge in [0.2, 0.25) is 0 Å². The van der Waals surface area contributed by atoms with Crippen LogP contribution in [0.1, 0.15) is 68.3 Å². The molecule has 2 saturated heterocycles. The van der Waals surface area contributed by atoms with E-state index in [0.717, 1.165) is 46.5 Å². The first-order valence-electron chi connectivity index (χ1n) is 20.7. The first-order valence-corrected chi connectivity index (χ1v) is 22.1. The molecule has 1 aromatic heterocycles. The second-order valence-electron chi connectivity index (χ2n) is 17.9. The molecule has 8 N–H and O–H groups in total. The monoisotopic (exact) mass is 851 g/mol. The number of rotatable bonds is 6. The van der Waals surface area contributed by atoms with Gasteiger partial charge in [-0.05, 0) is 74.2 Å². The topological polar surface area (TPSA) is 239 Å². The molecule has 9 rings (SSSR count). The minimum Gasteiger partial charge on any atom is -0.496 e. The van der Waals surface area contributed by atoms with Gasteiger partial charge in [-0.25, -0.2) is 0 Å². The molecule has 0 radical (unpaired) electrons. The summed E-state index contributed by atoms with van der Waals surface area (Å²) in [7, 11) is 0.225. The molecule has 16 nitrogen and oxygen atoms in total. The van der Waals surface area contributed by atoms with E-state index in [1.165, 1.54) is 7.11 Å². The number of carbonyl (C=O) groups excluding carboxylic acids is 2. The smallest absolute Gasteiger partial charge is 0.394 e. The zero-order valence-corrected chi connectivity index (χ0v) is 35.5. The maximum absolute atomic E-state index is 15.2. The largest absolute Gasteiger partial charge is 0.496 e. The number of amides is 1. The predicted molar refractivity (Wildman–Crippen MR) is 222 cm³/mol. The maximum Gasteiger partial charge on any atom is 0.394 e. The number of likely N-dealkylation sites (N-methyl/N-ethyl adjacent to an activating group) is 1. The van der Waals surface area contributed by atoms with E-state index < -0.39 is 61.9 Å². The Morgan fingerprint density at radius 2 is 1.73 bits per heavy atom. The van der Waals surface area contributed by atoms with Crippen molar-refractivity contribution < 1.29 is 51.9 Å². The number of methoxy groups -OCH3 is 2. The molecule has 6 heterocycles. The van der Waals surface area contributed by atoms with E-state index in [2.05, 4.69) is 26.9 Å². The number of nitrogens with one attached hydrogen (secondary N) is 1. The van der Waals surface area contributed by atoms with E-state index >= 15 is 4.79 Å². The molecule has 6 aliphatic rings. The van der Waals surface area contributed by atoms with Gasteiger partial charge in [-0.1, -0.05) is 44.2 Å². The van der Waals surface area contributed by atoms with Gasteiger partial charge in [0.05, 0.1) is 25.9 Å². The Labute approximate surface area is 349 Å². The van der Waals surface area contributed by atoms with Gasteiger partial charge in [0.1, 0.15) is 17.3 Å². The first-order chi connectivity index (χ1) is 28.3. The minimum atomic E-state index is -4.67. The summed E-state index contributed by atoms with van der Waals surface area (Å²) in [5.41, 5.74) is 4.72. The van der Waals surface area contributed by atoms with Gasteiger partial charge in [-0.3, -0.25) is 28.5 Å². The lowest BCUT2D eigenvalue weighted by atomic mass is 9.47. The third-order valence-corrected chi connectivity index (χ3v) is 15.2. The quantitative estimate of drug-likeness (QED) is 0.107. The number of piperidine rings is 1. The van der Waals surface area contributed by atoms with Crippen LogP contribution < -0.4 is 15.4 Å². The van der Waals surface area contributed by atoms with Crippen LogP contribution in [0.4, 0.5) is 5.69 Å². The summed E-state index contributed by atoms with van der Waals surface area (Å²) in [6.45, 7) is 7.39. The van der Waals surface area contributed by atoms with Gasteiger partial charge in [0, 0.05) is 84.0 Å². The predicted octanol–water partition coefficient (Wildman–Crippen LogP) is 2.08. The maximum atomic E-state index is 15.2. The van der Waals surface area contributed by atoms with Crippen molar-refractivity contribution in [3.05, 3.63) is 70.9 Å². The Hall–Kier alpha value is -4.07. The molecular formula is C43H57N5O11S. The number of aromatic nitrogens is 1. The molecule has 3 fully saturated rings. The number of H-pyrrole nitrogens is 1. The van der Waals surface area contributed by atoms with Gasteiger partial charge < -0.3 is 40.4 Å². The van der Waals surface area contributed by atoms with Crippen LogP contribution in [0.5, 0.6) is 5.75 Å². The second-order valence-corrected chi connectivity index (χ2v) is 18.8. The number of primary amides is 1. The van der Waals surface area contributed by atoms with E-state index in [1.54, 1.807) is 7.11 Å². The number of ether oxygens (including phenoxy) is 2. The number of nitrogens with zero attached hydrogens (tertiary/aromatic N) is 3. The standard InChI is InChI=1S/C43H55N5O7.H2O4S/c1-6-39(52)21-25-22-42(38(51)55-5,33-27(13-17-47(23-25)24-39)26-11-8-9-12-30(26)45-33)29-19-28-31(20-32(29)54-4)46(3)35-41(28)15-18-48-16-10-14-40(7-2,34(41)48)36(49)43(35,53)37(44)50;1-5(2,3)4/h8-12,14,19-20,25,34-36,45,49,52-53H,6-7,13,15-18,21-24H2,1-5H3,(H2,44,50);(H2,1,2,3,4)/t25?,34-,35?,36+,39-,40?,41+,42-,43-;/m0./s1. The lowest BCUT2D eigenvalue weighted by Crippen LogP contribution is -2.81. The highest BCUT2D eigenvalue weighted by Crippen LogP contribution is 2.67. The van der Waals surface area contributed by atoms with Crippen LogP contribution in [0, 0.1) is 11.3 Å². The average Bonchev–Trinajstić information content (AvgIpc) is 3.87. The average molecular weight is 852 g/mol. The number of anilines is 1. The molecule has 4 unspecified atom stereocenters. The van der Waals surface area contributed by atoms with Crippen LogP contribution in [-0.4, -0.2) is 143 Å². The van der Waals surface area contributed by atoms with Crippen LogP contribution >= 0.6 is 0 Å². The molecule has 10 atom stereocenters. The van der Waals surface area contributed by atoms with E-state index in [9.17, 15) is 20.1 Å². The van der Waals surface area contributed by atoms with Crippen LogP contribution in [0.25, 0.3) is 10.9 Å². The normalized spacial score (nSPS) is 36.7. The third-order valence-electron chi connectivity index (χ3n) is 15.2. The first kappa shape index (κ1) is 42.6. The Bertz CT molecular complexity index is 2360. The number of benzene rings is 2. The molecule has 2 aromatic carbocycles. The molecular weight excluding hydrogens is 795 g/mol. The Morgan fingerprint density at radius 1 is 1.02 bits per heavy atom. The highest BCUT2D eigenvalue weighted by Gasteiger charge is 2.78. The molecule has 5 aliphatic heterocycles. The third kappa shape index (κ3) is 5.91. The SMILES string of the molecule is CCC12C=CCN3CC[C@@]4(c5cc([C@@]6(C(=O)OC)CC7CN(CCc8c6[nH]c6ccccc86)C[C@](O)(CC)C7)c(OC)cc5N(C)C4[C@@](O)(C(N)=O)[C@@H]1O)[C@@H]32.O=S(=O)(O)O. The van der Waals surface area contributed by atoms with Crippen molar-refractivity contribution in [3.8, 4) is 5.75 Å². The number of aliphatic hydroxyl groups is 3. The van der Waals surface area contributed by atoms with Gasteiger partial charge in [-0.15, -0.1) is 0 Å². The lowest BCUT2D eigenvalue weighted by molar-refractivity contribution is -0.201. The Kier molecular flexibility index (Phi) is 10.3. The summed E-state index contributed by atoms with van der Waals surface area (Å²) in [6.07, 6.45) is 5.78. The summed E-state index contributed by atoms with van der Waals surface area (Å²) in [4.78, 5) is 39.3. The zero-order chi connectivity index (χ0) is 43.4. The molecule has 326 valence electrons. The molecule has 1 aliphatic carbocycles. The molecule has 3 aromatic rings. The lowest BCUT2D eigenvalue weighted by Gasteiger charge is -2.63. The number of nitrogens with two attached hydrogens (primary N) is 1. The molecule has 2 bridgehead atoms. The van der Waals surface area contributed by atoms with Crippen LogP contribution in [-0.2, 0) is 42.0 Å². The number of hydrogen-bond donors (Lipinski definition) is 7. The number of carbonyl (C=O) groups is 2. The van der Waals surface area contributed by atoms with E-state index in [-0.39, 0.29) is 12.0 Å². The molecule has 17 heteroatoms. The fourth-order valence-corrected chi connectivity index (χ4v) is 13.1. The Balaban J connectivity index is 0.000000943. The molecule has 1 saturated carbocycles. The summed E-state index contributed by atoms with van der Waals surface area (Å²) in [6, 6.07) is 11.0. The zero-order valence-electron chi connectivity index (χ0n) is 34.7. The van der Waals surface area contributed by atoms with Crippen molar-refractivity contribution in [1.82, 2.24) is 14.8 Å². The highest BCUT2D eigenvalue weighted by molar-refractivity contribution is 7.79. The van der Waals surface area contributed by atoms with Crippen LogP contribution in [0.3, 0.4) is 0 Å². The van der Waals surface area contributed by atoms with Gasteiger partial charge in [0.15, 0.2) is 5.60 Å². The number of hydrogen-bond acceptors (Lipinski definition) is 12. The van der Waals surface area contributed by atoms with Gasteiger partial charge in [0.25, 0.3) is 5.91 Å².